The second-order valence-corrected chi connectivity index (χ2v) is 4.01. The number of hydrogen-bond acceptors (Lipinski definition) is 2. The predicted molar refractivity (Wildman–Crippen MR) is 50.1 cm³/mol. The van der Waals surface area contributed by atoms with Crippen molar-refractivity contribution in [3.8, 4) is 0 Å². The maximum Gasteiger partial charge on any atom is 0.304 e. The summed E-state index contributed by atoms with van der Waals surface area (Å²) in [6.07, 6.45) is -3.14. The SMILES string of the molecule is Cc1csc(C(CC(=O)O)C(F)F)c1. The third kappa shape index (κ3) is 2.77. The molecule has 1 atom stereocenters. The minimum atomic E-state index is -2.62. The first-order valence-electron chi connectivity index (χ1n) is 4.05. The molecule has 0 saturated carbocycles. The number of carboxylic acid groups (broad SMARTS) is 1. The molecule has 0 spiro atoms. The van der Waals surface area contributed by atoms with Gasteiger partial charge in [-0.15, -0.1) is 11.3 Å². The molecule has 1 aromatic heterocycles. The number of rotatable bonds is 4. The van der Waals surface area contributed by atoms with Crippen LogP contribution in [0.1, 0.15) is 22.8 Å². The van der Waals surface area contributed by atoms with Gasteiger partial charge in [-0.05, 0) is 23.9 Å². The molecular weight excluding hydrogens is 210 g/mol. The van der Waals surface area contributed by atoms with Crippen LogP contribution in [-0.2, 0) is 4.79 Å². The van der Waals surface area contributed by atoms with Gasteiger partial charge in [-0.25, -0.2) is 8.78 Å². The fraction of sp³-hybridized carbons (Fsp3) is 0.444. The summed E-state index contributed by atoms with van der Waals surface area (Å²) in [5.74, 6) is -2.37. The molecule has 0 fully saturated rings. The summed E-state index contributed by atoms with van der Waals surface area (Å²) < 4.78 is 25.0. The summed E-state index contributed by atoms with van der Waals surface area (Å²) in [6.45, 7) is 1.79. The van der Waals surface area contributed by atoms with Gasteiger partial charge in [0.25, 0.3) is 0 Å². The average Bonchev–Trinajstić information content (AvgIpc) is 2.46. The van der Waals surface area contributed by atoms with Gasteiger partial charge in [-0.2, -0.15) is 0 Å². The van der Waals surface area contributed by atoms with E-state index in [1.807, 2.05) is 0 Å². The van der Waals surface area contributed by atoms with E-state index in [2.05, 4.69) is 0 Å². The van der Waals surface area contributed by atoms with Gasteiger partial charge >= 0.3 is 5.97 Å². The van der Waals surface area contributed by atoms with Crippen LogP contribution in [0.25, 0.3) is 0 Å². The number of aryl methyl sites for hydroxylation is 1. The van der Waals surface area contributed by atoms with Crippen molar-refractivity contribution in [3.05, 3.63) is 21.9 Å². The van der Waals surface area contributed by atoms with Crippen molar-refractivity contribution in [2.75, 3.05) is 0 Å². The Morgan fingerprint density at radius 2 is 2.29 bits per heavy atom. The van der Waals surface area contributed by atoms with Gasteiger partial charge in [-0.1, -0.05) is 0 Å². The molecule has 1 heterocycles. The Morgan fingerprint density at radius 3 is 2.64 bits per heavy atom. The monoisotopic (exact) mass is 220 g/mol. The van der Waals surface area contributed by atoms with Crippen LogP contribution in [-0.4, -0.2) is 17.5 Å². The largest absolute Gasteiger partial charge is 0.481 e. The molecular formula is C9H10F2O2S. The van der Waals surface area contributed by atoms with E-state index in [9.17, 15) is 13.6 Å². The van der Waals surface area contributed by atoms with Crippen molar-refractivity contribution in [3.63, 3.8) is 0 Å². The fourth-order valence-electron chi connectivity index (χ4n) is 1.15. The summed E-state index contributed by atoms with van der Waals surface area (Å²) in [6, 6.07) is 1.62. The average molecular weight is 220 g/mol. The van der Waals surface area contributed by atoms with Crippen LogP contribution in [0, 0.1) is 6.92 Å². The second-order valence-electron chi connectivity index (χ2n) is 3.07. The van der Waals surface area contributed by atoms with Gasteiger partial charge in [-0.3, -0.25) is 4.79 Å². The number of carboxylic acids is 1. The smallest absolute Gasteiger partial charge is 0.304 e. The van der Waals surface area contributed by atoms with Gasteiger partial charge in [0.15, 0.2) is 0 Å². The van der Waals surface area contributed by atoms with E-state index in [1.165, 1.54) is 11.3 Å². The summed E-state index contributed by atoms with van der Waals surface area (Å²) in [7, 11) is 0. The first kappa shape index (κ1) is 11.1. The number of halogens is 2. The van der Waals surface area contributed by atoms with Crippen molar-refractivity contribution >= 4 is 17.3 Å². The lowest BCUT2D eigenvalue weighted by Gasteiger charge is -2.10. The molecule has 1 rings (SSSR count). The van der Waals surface area contributed by atoms with Gasteiger partial charge in [0.1, 0.15) is 0 Å². The van der Waals surface area contributed by atoms with Crippen LogP contribution in [0.3, 0.4) is 0 Å². The molecule has 0 bridgehead atoms. The van der Waals surface area contributed by atoms with Gasteiger partial charge in [0.05, 0.1) is 12.3 Å². The van der Waals surface area contributed by atoms with E-state index in [0.717, 1.165) is 5.56 Å². The van der Waals surface area contributed by atoms with Crippen molar-refractivity contribution in [2.24, 2.45) is 0 Å². The molecule has 1 N–H and O–H groups in total. The highest BCUT2D eigenvalue weighted by molar-refractivity contribution is 7.10. The Bertz CT molecular complexity index is 322. The molecule has 0 aliphatic rings. The van der Waals surface area contributed by atoms with Gasteiger partial charge in [0, 0.05) is 4.88 Å². The number of aliphatic carboxylic acids is 1. The maximum absolute atomic E-state index is 12.5. The fourth-order valence-corrected chi connectivity index (χ4v) is 2.15. The highest BCUT2D eigenvalue weighted by Gasteiger charge is 2.26. The first-order chi connectivity index (χ1) is 6.50. The van der Waals surface area contributed by atoms with Crippen molar-refractivity contribution in [1.29, 1.82) is 0 Å². The Labute approximate surface area is 84.2 Å². The van der Waals surface area contributed by atoms with E-state index in [4.69, 9.17) is 5.11 Å². The Hall–Kier alpha value is -0.970. The van der Waals surface area contributed by atoms with Crippen molar-refractivity contribution in [1.82, 2.24) is 0 Å². The summed E-state index contributed by atoms with van der Waals surface area (Å²) >= 11 is 1.18. The third-order valence-electron chi connectivity index (χ3n) is 1.81. The van der Waals surface area contributed by atoms with Crippen LogP contribution in [0.2, 0.25) is 0 Å². The zero-order chi connectivity index (χ0) is 10.7. The first-order valence-corrected chi connectivity index (χ1v) is 4.93. The molecule has 0 amide bonds. The standard InChI is InChI=1S/C9H10F2O2S/c1-5-2-7(14-4-5)6(9(10)11)3-8(12)13/h2,4,6,9H,3H2,1H3,(H,12,13). The minimum Gasteiger partial charge on any atom is -0.481 e. The number of alkyl halides is 2. The lowest BCUT2D eigenvalue weighted by atomic mass is 10.0. The molecule has 0 aliphatic heterocycles. The maximum atomic E-state index is 12.5. The molecule has 0 saturated heterocycles. The number of hydrogen-bond donors (Lipinski definition) is 1. The molecule has 1 unspecified atom stereocenters. The van der Waals surface area contributed by atoms with E-state index in [1.54, 1.807) is 18.4 Å². The molecule has 5 heteroatoms. The van der Waals surface area contributed by atoms with Crippen molar-refractivity contribution in [2.45, 2.75) is 25.7 Å². The molecule has 2 nitrogen and oxygen atoms in total. The number of carbonyl (C=O) groups is 1. The van der Waals surface area contributed by atoms with Crippen LogP contribution in [0.5, 0.6) is 0 Å². The number of thiophene rings is 1. The molecule has 0 aromatic carbocycles. The van der Waals surface area contributed by atoms with E-state index < -0.39 is 24.7 Å². The Balaban J connectivity index is 2.82. The lowest BCUT2D eigenvalue weighted by Crippen LogP contribution is -2.12. The van der Waals surface area contributed by atoms with Crippen LogP contribution in [0.15, 0.2) is 11.4 Å². The van der Waals surface area contributed by atoms with Gasteiger partial charge < -0.3 is 5.11 Å². The van der Waals surface area contributed by atoms with E-state index in [0.29, 0.717) is 4.88 Å². The van der Waals surface area contributed by atoms with Gasteiger partial charge in [0.2, 0.25) is 6.43 Å². The summed E-state index contributed by atoms with van der Waals surface area (Å²) in [5.41, 5.74) is 0.890. The molecule has 0 radical (unpaired) electrons. The molecule has 1 aromatic rings. The van der Waals surface area contributed by atoms with E-state index >= 15 is 0 Å². The summed E-state index contributed by atoms with van der Waals surface area (Å²) in [5, 5.41) is 10.2. The second kappa shape index (κ2) is 4.50. The lowest BCUT2D eigenvalue weighted by molar-refractivity contribution is -0.138. The highest BCUT2D eigenvalue weighted by atomic mass is 32.1. The molecule has 14 heavy (non-hydrogen) atoms. The topological polar surface area (TPSA) is 37.3 Å². The third-order valence-corrected chi connectivity index (χ3v) is 3.00. The Morgan fingerprint density at radius 1 is 1.64 bits per heavy atom. The van der Waals surface area contributed by atoms with E-state index in [-0.39, 0.29) is 0 Å². The quantitative estimate of drug-likeness (QED) is 0.847. The summed E-state index contributed by atoms with van der Waals surface area (Å²) in [4.78, 5) is 10.8. The minimum absolute atomic E-state index is 0.444. The highest BCUT2D eigenvalue weighted by Crippen LogP contribution is 2.31. The molecule has 0 aliphatic carbocycles. The van der Waals surface area contributed by atoms with Crippen molar-refractivity contribution < 1.29 is 18.7 Å². The van der Waals surface area contributed by atoms with Crippen LogP contribution >= 0.6 is 11.3 Å². The molecule has 78 valence electrons. The zero-order valence-electron chi connectivity index (χ0n) is 7.54. The normalized spacial score (nSPS) is 13.1. The van der Waals surface area contributed by atoms with Crippen LogP contribution in [0.4, 0.5) is 8.78 Å². The predicted octanol–water partition coefficient (Wildman–Crippen LogP) is 2.88. The zero-order valence-corrected chi connectivity index (χ0v) is 8.35. The van der Waals surface area contributed by atoms with Crippen LogP contribution < -0.4 is 0 Å². The Kier molecular flexibility index (Phi) is 3.57.